The van der Waals surface area contributed by atoms with E-state index in [-0.39, 0.29) is 17.8 Å². The number of anilines is 1. The zero-order valence-electron chi connectivity index (χ0n) is 15.9. The van der Waals surface area contributed by atoms with Crippen LogP contribution in [0.15, 0.2) is 18.2 Å². The quantitative estimate of drug-likeness (QED) is 0.447. The number of carbonyl (C=O) groups is 2. The van der Waals surface area contributed by atoms with Gasteiger partial charge in [-0.15, -0.1) is 11.6 Å². The minimum Gasteiger partial charge on any atom is -0.467 e. The van der Waals surface area contributed by atoms with Crippen LogP contribution in [0.2, 0.25) is 0 Å². The van der Waals surface area contributed by atoms with Gasteiger partial charge in [0.1, 0.15) is 11.9 Å². The Morgan fingerprint density at radius 1 is 1.41 bits per heavy atom. The zero-order valence-corrected chi connectivity index (χ0v) is 16.6. The van der Waals surface area contributed by atoms with E-state index >= 15 is 0 Å². The summed E-state index contributed by atoms with van der Waals surface area (Å²) in [4.78, 5) is 25.7. The number of rotatable bonds is 4. The van der Waals surface area contributed by atoms with Gasteiger partial charge in [0.05, 0.1) is 7.11 Å². The molecule has 1 aromatic rings. The highest BCUT2D eigenvalue weighted by atomic mass is 35.5. The topological polar surface area (TPSA) is 58.6 Å². The molecule has 0 saturated carbocycles. The third-order valence-electron chi connectivity index (χ3n) is 5.83. The number of carbonyl (C=O) groups excluding carboxylic acids is 2. The highest BCUT2D eigenvalue weighted by Gasteiger charge is 2.52. The molecule has 0 spiro atoms. The number of ether oxygens (including phenoxy) is 1. The first-order valence-corrected chi connectivity index (χ1v) is 9.57. The smallest absolute Gasteiger partial charge is 0.467 e. The van der Waals surface area contributed by atoms with E-state index in [1.807, 2.05) is 4.90 Å². The Kier molecular flexibility index (Phi) is 5.73. The van der Waals surface area contributed by atoms with Crippen LogP contribution in [-0.4, -0.2) is 49.2 Å². The van der Waals surface area contributed by atoms with Crippen molar-refractivity contribution in [3.05, 3.63) is 29.6 Å². The number of fused-ring (bicyclic) bond motifs is 3. The van der Waals surface area contributed by atoms with Crippen LogP contribution in [0.4, 0.5) is 23.2 Å². The summed E-state index contributed by atoms with van der Waals surface area (Å²) in [5.41, 5.74) is 0.402. The molecule has 4 atom stereocenters. The average Bonchev–Trinajstić information content (AvgIpc) is 2.88. The largest absolute Gasteiger partial charge is 0.471 e. The number of benzene rings is 1. The number of nitrogens with one attached hydrogen (secondary N) is 1. The van der Waals surface area contributed by atoms with Gasteiger partial charge in [0.15, 0.2) is 0 Å². The first kappa shape index (κ1) is 21.7. The molecule has 1 saturated heterocycles. The summed E-state index contributed by atoms with van der Waals surface area (Å²) in [5, 5.41) is 1.57. The van der Waals surface area contributed by atoms with Crippen LogP contribution in [0.25, 0.3) is 0 Å². The number of piperidine rings is 1. The maximum atomic E-state index is 14.0. The van der Waals surface area contributed by atoms with Crippen LogP contribution in [0, 0.1) is 5.82 Å². The Hall–Kier alpha value is -2.03. The summed E-state index contributed by atoms with van der Waals surface area (Å²) >= 11 is 6.34. The summed E-state index contributed by atoms with van der Waals surface area (Å²) in [7, 11) is 1.03. The molecule has 0 aliphatic carbocycles. The summed E-state index contributed by atoms with van der Waals surface area (Å²) in [5.74, 6) is -3.73. The van der Waals surface area contributed by atoms with Crippen LogP contribution in [0.5, 0.6) is 0 Å². The van der Waals surface area contributed by atoms with Crippen molar-refractivity contribution in [1.82, 2.24) is 5.32 Å². The van der Waals surface area contributed by atoms with E-state index in [9.17, 15) is 27.2 Å². The molecular formula is C19H21ClF4N2O3. The highest BCUT2D eigenvalue weighted by molar-refractivity contribution is 6.20. The van der Waals surface area contributed by atoms with E-state index in [1.165, 1.54) is 12.1 Å². The van der Waals surface area contributed by atoms with E-state index in [0.717, 1.165) is 12.8 Å². The second kappa shape index (κ2) is 7.66. The predicted molar refractivity (Wildman–Crippen MR) is 98.4 cm³/mol. The van der Waals surface area contributed by atoms with Crippen molar-refractivity contribution in [3.63, 3.8) is 0 Å². The molecule has 1 N–H and O–H groups in total. The van der Waals surface area contributed by atoms with Crippen molar-refractivity contribution in [2.75, 3.05) is 18.6 Å². The summed E-state index contributed by atoms with van der Waals surface area (Å²) < 4.78 is 56.9. The number of nitrogens with zero attached hydrogens (tertiary/aromatic N) is 1. The summed E-state index contributed by atoms with van der Waals surface area (Å²) in [6.07, 6.45) is -4.13. The van der Waals surface area contributed by atoms with Crippen LogP contribution in [-0.2, 0) is 19.7 Å². The lowest BCUT2D eigenvalue weighted by Gasteiger charge is -2.42. The average molecular weight is 437 g/mol. The molecular weight excluding hydrogens is 416 g/mol. The Bertz CT molecular complexity index is 819. The molecule has 1 aromatic carbocycles. The number of alkyl halides is 4. The third kappa shape index (κ3) is 4.01. The molecule has 1 unspecified atom stereocenters. The number of hydrogen-bond donors (Lipinski definition) is 1. The maximum absolute atomic E-state index is 14.0. The normalized spacial score (nSPS) is 27.1. The van der Waals surface area contributed by atoms with E-state index in [2.05, 4.69) is 4.74 Å². The lowest BCUT2D eigenvalue weighted by atomic mass is 9.71. The molecule has 2 aliphatic rings. The van der Waals surface area contributed by atoms with Gasteiger partial charge in [-0.05, 0) is 43.0 Å². The van der Waals surface area contributed by atoms with Crippen molar-refractivity contribution in [2.45, 2.75) is 55.2 Å². The minimum absolute atomic E-state index is 0.156. The lowest BCUT2D eigenvalue weighted by Crippen LogP contribution is -2.54. The van der Waals surface area contributed by atoms with Gasteiger partial charge in [0, 0.05) is 29.1 Å². The fourth-order valence-electron chi connectivity index (χ4n) is 4.46. The molecule has 3 rings (SSSR count). The second-order valence-corrected chi connectivity index (χ2v) is 8.28. The summed E-state index contributed by atoms with van der Waals surface area (Å²) in [6, 6.07) is 2.46. The number of esters is 1. The monoisotopic (exact) mass is 436 g/mol. The predicted octanol–water partition coefficient (Wildman–Crippen LogP) is 3.28. The standard InChI is InChI=1S/C19H21ClF4N2O3/c1-18(9-13(16(27)29-2)25-17(28)19(22,23)24)12-8-11(21)3-4-14(12)26-6-5-10(20)7-15(18)26/h3-4,8,10,13,15H,5-7,9H2,1-2H3,(H,25,28)/t10-,13?,15+,18-/m0/s1. The highest BCUT2D eigenvalue weighted by Crippen LogP contribution is 2.51. The van der Waals surface area contributed by atoms with Crippen LogP contribution < -0.4 is 10.2 Å². The fraction of sp³-hybridized carbons (Fsp3) is 0.579. The number of hydrogen-bond acceptors (Lipinski definition) is 4. The minimum atomic E-state index is -5.15. The molecule has 1 amide bonds. The molecule has 2 heterocycles. The van der Waals surface area contributed by atoms with Gasteiger partial charge in [0.2, 0.25) is 0 Å². The van der Waals surface area contributed by atoms with Gasteiger partial charge >= 0.3 is 18.1 Å². The molecule has 1 fully saturated rings. The molecule has 0 radical (unpaired) electrons. The van der Waals surface area contributed by atoms with Crippen molar-refractivity contribution >= 4 is 29.2 Å². The Morgan fingerprint density at radius 2 is 2.10 bits per heavy atom. The molecule has 0 bridgehead atoms. The first-order valence-electron chi connectivity index (χ1n) is 9.13. The number of amides is 1. The summed E-state index contributed by atoms with van der Waals surface area (Å²) in [6.45, 7) is 2.35. The van der Waals surface area contributed by atoms with Crippen LogP contribution >= 0.6 is 11.6 Å². The second-order valence-electron chi connectivity index (χ2n) is 7.66. The van der Waals surface area contributed by atoms with Gasteiger partial charge in [-0.2, -0.15) is 13.2 Å². The van der Waals surface area contributed by atoms with Crippen molar-refractivity contribution in [3.8, 4) is 0 Å². The van der Waals surface area contributed by atoms with Gasteiger partial charge < -0.3 is 15.0 Å². The third-order valence-corrected chi connectivity index (χ3v) is 6.23. The lowest BCUT2D eigenvalue weighted by molar-refractivity contribution is -0.176. The molecule has 160 valence electrons. The number of methoxy groups -OCH3 is 1. The van der Waals surface area contributed by atoms with Crippen LogP contribution in [0.1, 0.15) is 31.7 Å². The molecule has 0 aromatic heterocycles. The molecule has 5 nitrogen and oxygen atoms in total. The van der Waals surface area contributed by atoms with Gasteiger partial charge in [-0.25, -0.2) is 9.18 Å². The zero-order chi connectivity index (χ0) is 21.6. The SMILES string of the molecule is COC(=O)C(C[C@@]1(C)c2cc(F)ccc2N2CC[C@H](Cl)C[C@@H]21)NC(=O)C(F)(F)F. The number of halogens is 5. The van der Waals surface area contributed by atoms with E-state index < -0.39 is 35.3 Å². The first-order chi connectivity index (χ1) is 13.5. The van der Waals surface area contributed by atoms with Crippen molar-refractivity contribution < 1.29 is 31.9 Å². The van der Waals surface area contributed by atoms with Crippen molar-refractivity contribution in [1.29, 1.82) is 0 Å². The molecule has 29 heavy (non-hydrogen) atoms. The molecule has 10 heteroatoms. The Morgan fingerprint density at radius 3 is 2.72 bits per heavy atom. The van der Waals surface area contributed by atoms with Gasteiger partial charge in [-0.1, -0.05) is 6.92 Å². The van der Waals surface area contributed by atoms with Crippen LogP contribution in [0.3, 0.4) is 0 Å². The Labute approximate surface area is 170 Å². The van der Waals surface area contributed by atoms with Gasteiger partial charge in [0.25, 0.3) is 0 Å². The van der Waals surface area contributed by atoms with Gasteiger partial charge in [-0.3, -0.25) is 4.79 Å². The Balaban J connectivity index is 2.00. The fourth-order valence-corrected chi connectivity index (χ4v) is 4.72. The molecule has 2 aliphatic heterocycles. The van der Waals surface area contributed by atoms with E-state index in [0.29, 0.717) is 24.9 Å². The maximum Gasteiger partial charge on any atom is 0.471 e. The van der Waals surface area contributed by atoms with E-state index in [1.54, 1.807) is 18.3 Å². The van der Waals surface area contributed by atoms with Crippen molar-refractivity contribution in [2.24, 2.45) is 0 Å². The van der Waals surface area contributed by atoms with E-state index in [4.69, 9.17) is 11.6 Å².